The summed E-state index contributed by atoms with van der Waals surface area (Å²) in [6, 6.07) is 10.1. The number of carbonyl (C=O) groups excluding carboxylic acids is 1. The van der Waals surface area contributed by atoms with Crippen molar-refractivity contribution in [3.63, 3.8) is 0 Å². The minimum absolute atomic E-state index is 0.0523. The zero-order valence-electron chi connectivity index (χ0n) is 16.5. The zero-order valence-corrected chi connectivity index (χ0v) is 16.5. The lowest BCUT2D eigenvalue weighted by Gasteiger charge is -2.23. The van der Waals surface area contributed by atoms with Crippen LogP contribution in [0.2, 0.25) is 0 Å². The Labute approximate surface area is 159 Å². The Morgan fingerprint density at radius 2 is 1.42 bits per heavy atom. The van der Waals surface area contributed by atoms with Crippen molar-refractivity contribution in [3.8, 4) is 0 Å². The van der Waals surface area contributed by atoms with Crippen molar-refractivity contribution in [3.05, 3.63) is 35.9 Å². The number of benzene rings is 1. The van der Waals surface area contributed by atoms with E-state index >= 15 is 0 Å². The molecule has 0 aromatic heterocycles. The minimum atomic E-state index is -0.132. The predicted molar refractivity (Wildman–Crippen MR) is 107 cm³/mol. The average Bonchev–Trinajstić information content (AvgIpc) is 2.95. The molecule has 1 fully saturated rings. The van der Waals surface area contributed by atoms with Crippen molar-refractivity contribution in [1.29, 1.82) is 0 Å². The quantitative estimate of drug-likeness (QED) is 0.324. The monoisotopic (exact) mass is 359 g/mol. The molecule has 2 atom stereocenters. The molecule has 3 nitrogen and oxygen atoms in total. The fraction of sp³-hybridized carbons (Fsp3) is 0.696. The molecule has 0 spiro atoms. The number of hydroxylamine groups is 2. The SMILES string of the molecule is CCCCCCCCCCCCCC1C(c2ccccc2)CC(=O)N1O. The van der Waals surface area contributed by atoms with Gasteiger partial charge in [-0.1, -0.05) is 108 Å². The van der Waals surface area contributed by atoms with Gasteiger partial charge in [-0.2, -0.15) is 0 Å². The van der Waals surface area contributed by atoms with Crippen molar-refractivity contribution in [1.82, 2.24) is 5.06 Å². The van der Waals surface area contributed by atoms with Crippen molar-refractivity contribution < 1.29 is 10.0 Å². The third-order valence-corrected chi connectivity index (χ3v) is 5.76. The standard InChI is InChI=1S/C23H37NO2/c1-2-3-4-5-6-7-8-9-10-11-15-18-22-21(19-23(25)24(22)26)20-16-13-12-14-17-20/h12-14,16-17,21-22,26H,2-11,15,18-19H2,1H3. The van der Waals surface area contributed by atoms with Gasteiger partial charge in [-0.15, -0.1) is 0 Å². The van der Waals surface area contributed by atoms with Crippen LogP contribution in [0.5, 0.6) is 0 Å². The van der Waals surface area contributed by atoms with Gasteiger partial charge in [-0.25, -0.2) is 5.06 Å². The molecule has 0 aliphatic carbocycles. The Bertz CT molecular complexity index is 502. The first-order chi connectivity index (χ1) is 12.7. The van der Waals surface area contributed by atoms with E-state index in [1.165, 1.54) is 69.8 Å². The molecule has 1 amide bonds. The summed E-state index contributed by atoms with van der Waals surface area (Å²) in [6.07, 6.45) is 15.9. The second-order valence-electron chi connectivity index (χ2n) is 7.85. The highest BCUT2D eigenvalue weighted by Gasteiger charge is 2.39. The maximum Gasteiger partial charge on any atom is 0.246 e. The summed E-state index contributed by atoms with van der Waals surface area (Å²) in [5.41, 5.74) is 1.17. The fourth-order valence-electron chi connectivity index (χ4n) is 4.15. The topological polar surface area (TPSA) is 40.5 Å². The van der Waals surface area contributed by atoms with Crippen LogP contribution < -0.4 is 0 Å². The summed E-state index contributed by atoms with van der Waals surface area (Å²) >= 11 is 0. The number of unbranched alkanes of at least 4 members (excludes halogenated alkanes) is 10. The molecule has 146 valence electrons. The van der Waals surface area contributed by atoms with E-state index in [-0.39, 0.29) is 17.9 Å². The van der Waals surface area contributed by atoms with Crippen LogP contribution in [0.3, 0.4) is 0 Å². The minimum Gasteiger partial charge on any atom is -0.286 e. The van der Waals surface area contributed by atoms with Crippen LogP contribution in [0.15, 0.2) is 30.3 Å². The maximum absolute atomic E-state index is 11.9. The smallest absolute Gasteiger partial charge is 0.246 e. The van der Waals surface area contributed by atoms with Gasteiger partial charge in [0.1, 0.15) is 0 Å². The first-order valence-electron chi connectivity index (χ1n) is 10.8. The van der Waals surface area contributed by atoms with Gasteiger partial charge in [0.05, 0.1) is 6.04 Å². The summed E-state index contributed by atoms with van der Waals surface area (Å²) in [5.74, 6) is 0.00347. The third kappa shape index (κ3) is 6.75. The van der Waals surface area contributed by atoms with Crippen LogP contribution in [-0.4, -0.2) is 22.2 Å². The van der Waals surface area contributed by atoms with Crippen molar-refractivity contribution >= 4 is 5.91 Å². The average molecular weight is 360 g/mol. The number of carbonyl (C=O) groups is 1. The van der Waals surface area contributed by atoms with Gasteiger partial charge in [-0.3, -0.25) is 10.0 Å². The van der Waals surface area contributed by atoms with Gasteiger partial charge in [0.2, 0.25) is 5.91 Å². The highest BCUT2D eigenvalue weighted by Crippen LogP contribution is 2.36. The molecule has 0 bridgehead atoms. The van der Waals surface area contributed by atoms with Crippen molar-refractivity contribution in [2.75, 3.05) is 0 Å². The van der Waals surface area contributed by atoms with E-state index in [4.69, 9.17) is 0 Å². The van der Waals surface area contributed by atoms with E-state index in [1.807, 2.05) is 18.2 Å². The molecule has 1 aromatic rings. The van der Waals surface area contributed by atoms with E-state index in [0.29, 0.717) is 6.42 Å². The summed E-state index contributed by atoms with van der Waals surface area (Å²) in [6.45, 7) is 2.26. The predicted octanol–water partition coefficient (Wildman–Crippen LogP) is 6.46. The Balaban J connectivity index is 1.60. The lowest BCUT2D eigenvalue weighted by molar-refractivity contribution is -0.166. The molecule has 1 heterocycles. The summed E-state index contributed by atoms with van der Waals surface area (Å²) in [7, 11) is 0. The molecule has 1 aliphatic heterocycles. The van der Waals surface area contributed by atoms with Crippen LogP contribution in [0, 0.1) is 0 Å². The molecule has 1 saturated heterocycles. The molecule has 3 heteroatoms. The van der Waals surface area contributed by atoms with Crippen LogP contribution >= 0.6 is 0 Å². The zero-order chi connectivity index (χ0) is 18.6. The first kappa shape index (κ1) is 21.0. The molecular weight excluding hydrogens is 322 g/mol. The Morgan fingerprint density at radius 1 is 0.885 bits per heavy atom. The van der Waals surface area contributed by atoms with Crippen LogP contribution in [-0.2, 0) is 4.79 Å². The second-order valence-corrected chi connectivity index (χ2v) is 7.85. The number of rotatable bonds is 13. The summed E-state index contributed by atoms with van der Waals surface area (Å²) < 4.78 is 0. The molecule has 1 N–H and O–H groups in total. The van der Waals surface area contributed by atoms with E-state index < -0.39 is 0 Å². The summed E-state index contributed by atoms with van der Waals surface area (Å²) in [4.78, 5) is 11.9. The number of amides is 1. The normalized spacial score (nSPS) is 20.1. The van der Waals surface area contributed by atoms with E-state index in [2.05, 4.69) is 19.1 Å². The van der Waals surface area contributed by atoms with Crippen molar-refractivity contribution in [2.45, 2.75) is 102 Å². The van der Waals surface area contributed by atoms with Gasteiger partial charge in [-0.05, 0) is 12.0 Å². The highest BCUT2D eigenvalue weighted by molar-refractivity contribution is 5.79. The van der Waals surface area contributed by atoms with Gasteiger partial charge < -0.3 is 0 Å². The molecular formula is C23H37NO2. The van der Waals surface area contributed by atoms with E-state index in [0.717, 1.165) is 17.9 Å². The molecule has 0 saturated carbocycles. The lowest BCUT2D eigenvalue weighted by atomic mass is 9.89. The molecule has 2 unspecified atom stereocenters. The second kappa shape index (κ2) is 12.1. The Morgan fingerprint density at radius 3 is 2.00 bits per heavy atom. The number of hydrogen-bond donors (Lipinski definition) is 1. The van der Waals surface area contributed by atoms with E-state index in [9.17, 15) is 10.0 Å². The largest absolute Gasteiger partial charge is 0.286 e. The molecule has 1 aromatic carbocycles. The van der Waals surface area contributed by atoms with Gasteiger partial charge in [0, 0.05) is 12.3 Å². The Hall–Kier alpha value is -1.35. The molecule has 26 heavy (non-hydrogen) atoms. The first-order valence-corrected chi connectivity index (χ1v) is 10.8. The van der Waals surface area contributed by atoms with E-state index in [1.54, 1.807) is 0 Å². The molecule has 1 aliphatic rings. The maximum atomic E-state index is 11.9. The number of nitrogens with zero attached hydrogens (tertiary/aromatic N) is 1. The molecule has 2 rings (SSSR count). The van der Waals surface area contributed by atoms with Crippen LogP contribution in [0.4, 0.5) is 0 Å². The van der Waals surface area contributed by atoms with Gasteiger partial charge in [0.25, 0.3) is 0 Å². The lowest BCUT2D eigenvalue weighted by Crippen LogP contribution is -2.31. The van der Waals surface area contributed by atoms with Crippen LogP contribution in [0.1, 0.15) is 102 Å². The third-order valence-electron chi connectivity index (χ3n) is 5.76. The Kier molecular flexibility index (Phi) is 9.76. The van der Waals surface area contributed by atoms with Crippen molar-refractivity contribution in [2.24, 2.45) is 0 Å². The number of hydrogen-bond acceptors (Lipinski definition) is 2. The van der Waals surface area contributed by atoms with Crippen LogP contribution in [0.25, 0.3) is 0 Å². The summed E-state index contributed by atoms with van der Waals surface area (Å²) in [5, 5.41) is 11.1. The van der Waals surface area contributed by atoms with Gasteiger partial charge >= 0.3 is 0 Å². The highest BCUT2D eigenvalue weighted by atomic mass is 16.5. The van der Waals surface area contributed by atoms with Gasteiger partial charge in [0.15, 0.2) is 0 Å². The fourth-order valence-corrected chi connectivity index (χ4v) is 4.15. The molecule has 0 radical (unpaired) electrons.